The summed E-state index contributed by atoms with van der Waals surface area (Å²) in [5.41, 5.74) is 6.67. The van der Waals surface area contributed by atoms with Gasteiger partial charge in [0.25, 0.3) is 0 Å². The fraction of sp³-hybridized carbons (Fsp3) is 0.172. The van der Waals surface area contributed by atoms with Crippen molar-refractivity contribution in [2.45, 2.75) is 33.9 Å². The molecular weight excluding hydrogens is 506 g/mol. The van der Waals surface area contributed by atoms with Crippen LogP contribution in [0.3, 0.4) is 0 Å². The highest BCUT2D eigenvalue weighted by Gasteiger charge is 2.45. The number of benzene rings is 4. The minimum Gasteiger partial charge on any atom is -1.00 e. The van der Waals surface area contributed by atoms with Crippen molar-refractivity contribution in [2.75, 3.05) is 0 Å². The molecule has 0 amide bonds. The van der Waals surface area contributed by atoms with Crippen molar-refractivity contribution in [3.63, 3.8) is 0 Å². The molecule has 0 unspecified atom stereocenters. The standard InChI is InChI=1S/C29H30P.HI/c1-22-14-16-26(17-15-22)21-30(27-11-5-8-23(2)18-27,28-12-6-9-24(3)19-28)29-13-7-10-25(4)20-29;/h5-20H,21H2,1-4H3;1H/q+1;/p-1. The van der Waals surface area contributed by atoms with Crippen LogP contribution < -0.4 is 39.9 Å². The quantitative estimate of drug-likeness (QED) is 0.271. The summed E-state index contributed by atoms with van der Waals surface area (Å²) in [6, 6.07) is 36.7. The zero-order chi connectivity index (χ0) is 21.1. The van der Waals surface area contributed by atoms with Crippen LogP contribution in [0.15, 0.2) is 97.1 Å². The van der Waals surface area contributed by atoms with Gasteiger partial charge in [-0.2, -0.15) is 0 Å². The van der Waals surface area contributed by atoms with E-state index in [-0.39, 0.29) is 24.0 Å². The lowest BCUT2D eigenvalue weighted by atomic mass is 10.2. The highest BCUT2D eigenvalue weighted by Crippen LogP contribution is 2.58. The first kappa shape index (κ1) is 23.7. The maximum absolute atomic E-state index is 2.41. The van der Waals surface area contributed by atoms with E-state index in [4.69, 9.17) is 0 Å². The van der Waals surface area contributed by atoms with E-state index in [0.29, 0.717) is 0 Å². The lowest BCUT2D eigenvalue weighted by Gasteiger charge is -2.28. The molecule has 0 N–H and O–H groups in total. The van der Waals surface area contributed by atoms with Gasteiger partial charge in [-0.1, -0.05) is 66.2 Å². The van der Waals surface area contributed by atoms with Crippen molar-refractivity contribution < 1.29 is 24.0 Å². The van der Waals surface area contributed by atoms with E-state index in [9.17, 15) is 0 Å². The zero-order valence-electron chi connectivity index (χ0n) is 18.8. The zero-order valence-corrected chi connectivity index (χ0v) is 21.8. The van der Waals surface area contributed by atoms with Gasteiger partial charge in [-0.25, -0.2) is 0 Å². The molecule has 0 nitrogen and oxygen atoms in total. The van der Waals surface area contributed by atoms with E-state index in [1.807, 2.05) is 0 Å². The van der Waals surface area contributed by atoms with Crippen LogP contribution in [-0.2, 0) is 6.16 Å². The van der Waals surface area contributed by atoms with E-state index in [0.717, 1.165) is 6.16 Å². The third-order valence-corrected chi connectivity index (χ3v) is 10.2. The Balaban J connectivity index is 0.00000272. The topological polar surface area (TPSA) is 0 Å². The number of aryl methyl sites for hydroxylation is 4. The fourth-order valence-electron chi connectivity index (χ4n) is 4.28. The van der Waals surface area contributed by atoms with Crippen molar-refractivity contribution in [3.05, 3.63) is 125 Å². The molecule has 0 atom stereocenters. The largest absolute Gasteiger partial charge is 1.00 e. The summed E-state index contributed by atoms with van der Waals surface area (Å²) in [5.74, 6) is 0. The highest BCUT2D eigenvalue weighted by molar-refractivity contribution is 7.95. The SMILES string of the molecule is Cc1ccc(C[P+](c2cccc(C)c2)(c2cccc(C)c2)c2cccc(C)c2)cc1.[I-]. The second-order valence-corrected chi connectivity index (χ2v) is 12.0. The first-order valence-corrected chi connectivity index (χ1v) is 12.6. The van der Waals surface area contributed by atoms with Gasteiger partial charge in [0, 0.05) is 0 Å². The minimum absolute atomic E-state index is 0. The second-order valence-electron chi connectivity index (χ2n) is 8.47. The van der Waals surface area contributed by atoms with Crippen LogP contribution in [0.25, 0.3) is 0 Å². The second kappa shape index (κ2) is 10.1. The molecule has 0 aliphatic carbocycles. The molecule has 0 fully saturated rings. The van der Waals surface area contributed by atoms with Gasteiger partial charge < -0.3 is 24.0 Å². The van der Waals surface area contributed by atoms with E-state index in [2.05, 4.69) is 125 Å². The molecular formula is C29H30IP. The first-order valence-electron chi connectivity index (χ1n) is 10.6. The van der Waals surface area contributed by atoms with Crippen molar-refractivity contribution in [1.82, 2.24) is 0 Å². The van der Waals surface area contributed by atoms with Gasteiger partial charge in [-0.05, 0) is 86.3 Å². The van der Waals surface area contributed by atoms with Crippen LogP contribution >= 0.6 is 7.26 Å². The van der Waals surface area contributed by atoms with E-state index in [1.165, 1.54) is 43.7 Å². The van der Waals surface area contributed by atoms with Crippen molar-refractivity contribution in [3.8, 4) is 0 Å². The van der Waals surface area contributed by atoms with Gasteiger partial charge >= 0.3 is 0 Å². The summed E-state index contributed by atoms with van der Waals surface area (Å²) in [6.07, 6.45) is 1.03. The first-order chi connectivity index (χ1) is 14.5. The number of hydrogen-bond donors (Lipinski definition) is 0. The Bertz CT molecular complexity index is 1050. The average Bonchev–Trinajstić information content (AvgIpc) is 2.73. The van der Waals surface area contributed by atoms with Crippen LogP contribution in [0.4, 0.5) is 0 Å². The summed E-state index contributed by atoms with van der Waals surface area (Å²) in [6.45, 7) is 8.78. The fourth-order valence-corrected chi connectivity index (χ4v) is 8.78. The molecule has 0 saturated carbocycles. The Hall–Kier alpha value is -1.96. The van der Waals surface area contributed by atoms with E-state index in [1.54, 1.807) is 0 Å². The molecule has 0 aliphatic rings. The van der Waals surface area contributed by atoms with Crippen LogP contribution in [0.1, 0.15) is 27.8 Å². The van der Waals surface area contributed by atoms with Gasteiger partial charge in [0.15, 0.2) is 0 Å². The Morgan fingerprint density at radius 3 is 1.23 bits per heavy atom. The molecule has 4 rings (SSSR count). The van der Waals surface area contributed by atoms with Crippen LogP contribution in [0, 0.1) is 27.7 Å². The molecule has 2 heteroatoms. The van der Waals surface area contributed by atoms with Gasteiger partial charge in [-0.15, -0.1) is 0 Å². The lowest BCUT2D eigenvalue weighted by Crippen LogP contribution is -3.00. The number of hydrogen-bond acceptors (Lipinski definition) is 0. The van der Waals surface area contributed by atoms with Crippen molar-refractivity contribution in [2.24, 2.45) is 0 Å². The summed E-state index contributed by atoms with van der Waals surface area (Å²) in [4.78, 5) is 0. The summed E-state index contributed by atoms with van der Waals surface area (Å²) >= 11 is 0. The molecule has 0 radical (unpaired) electrons. The normalized spacial score (nSPS) is 11.1. The van der Waals surface area contributed by atoms with Gasteiger partial charge in [0.1, 0.15) is 23.2 Å². The third kappa shape index (κ3) is 5.10. The minimum atomic E-state index is -1.87. The van der Waals surface area contributed by atoms with Crippen molar-refractivity contribution >= 4 is 23.2 Å². The molecule has 4 aromatic rings. The molecule has 158 valence electrons. The maximum Gasteiger partial charge on any atom is 0.116 e. The predicted molar refractivity (Wildman–Crippen MR) is 134 cm³/mol. The maximum atomic E-state index is 2.41. The lowest BCUT2D eigenvalue weighted by molar-refractivity contribution is -0.00000622. The smallest absolute Gasteiger partial charge is 0.116 e. The molecule has 0 heterocycles. The Morgan fingerprint density at radius 2 is 0.871 bits per heavy atom. The van der Waals surface area contributed by atoms with Crippen molar-refractivity contribution in [1.29, 1.82) is 0 Å². The molecule has 0 saturated heterocycles. The van der Waals surface area contributed by atoms with Crippen LogP contribution in [0.2, 0.25) is 0 Å². The highest BCUT2D eigenvalue weighted by atomic mass is 127. The Kier molecular flexibility index (Phi) is 7.73. The van der Waals surface area contributed by atoms with E-state index < -0.39 is 7.26 Å². The Morgan fingerprint density at radius 1 is 0.484 bits per heavy atom. The predicted octanol–water partition coefficient (Wildman–Crippen LogP) is 3.42. The molecule has 4 aromatic carbocycles. The molecule has 31 heavy (non-hydrogen) atoms. The summed E-state index contributed by atoms with van der Waals surface area (Å²) < 4.78 is 0. The van der Waals surface area contributed by atoms with E-state index >= 15 is 0 Å². The molecule has 0 bridgehead atoms. The summed E-state index contributed by atoms with van der Waals surface area (Å²) in [7, 11) is -1.87. The van der Waals surface area contributed by atoms with Gasteiger partial charge in [0.05, 0.1) is 6.16 Å². The Labute approximate surface area is 205 Å². The average molecular weight is 536 g/mol. The molecule has 0 spiro atoms. The van der Waals surface area contributed by atoms with Gasteiger partial charge in [0.2, 0.25) is 0 Å². The number of halogens is 1. The van der Waals surface area contributed by atoms with Crippen LogP contribution in [-0.4, -0.2) is 0 Å². The monoisotopic (exact) mass is 536 g/mol. The van der Waals surface area contributed by atoms with Gasteiger partial charge in [-0.3, -0.25) is 0 Å². The number of rotatable bonds is 5. The molecule has 0 aromatic heterocycles. The molecule has 0 aliphatic heterocycles. The summed E-state index contributed by atoms with van der Waals surface area (Å²) in [5, 5.41) is 4.37. The third-order valence-electron chi connectivity index (χ3n) is 5.87. The van der Waals surface area contributed by atoms with Crippen LogP contribution in [0.5, 0.6) is 0 Å².